The lowest BCUT2D eigenvalue weighted by molar-refractivity contribution is 0.401. The van der Waals surface area contributed by atoms with Crippen molar-refractivity contribution >= 4 is 26.5 Å². The molecule has 1 aromatic carbocycles. The zero-order chi connectivity index (χ0) is 18.3. The van der Waals surface area contributed by atoms with Gasteiger partial charge in [-0.15, -0.1) is 0 Å². The second-order valence-electron chi connectivity index (χ2n) is 6.14. The van der Waals surface area contributed by atoms with E-state index in [1.54, 1.807) is 30.1 Å². The van der Waals surface area contributed by atoms with Gasteiger partial charge < -0.3 is 4.74 Å². The molecule has 7 nitrogen and oxygen atoms in total. The number of hydrogen-bond acceptors (Lipinski definition) is 5. The lowest BCUT2D eigenvalue weighted by Gasteiger charge is -2.07. The van der Waals surface area contributed by atoms with Crippen LogP contribution in [0.1, 0.15) is 25.0 Å². The van der Waals surface area contributed by atoms with Crippen LogP contribution in [0.2, 0.25) is 0 Å². The lowest BCUT2D eigenvalue weighted by atomic mass is 10.1. The first kappa shape index (κ1) is 16.7. The van der Waals surface area contributed by atoms with Crippen molar-refractivity contribution in [1.82, 2.24) is 14.8 Å². The van der Waals surface area contributed by atoms with Crippen LogP contribution >= 0.6 is 0 Å². The number of nitrogens with zero attached hydrogens (tertiary/aromatic N) is 3. The predicted octanol–water partition coefficient (Wildman–Crippen LogP) is 2.64. The maximum absolute atomic E-state index is 11.5. The third-order valence-electron chi connectivity index (χ3n) is 4.51. The number of aromatic nitrogens is 3. The number of sulfonamides is 1. The van der Waals surface area contributed by atoms with Gasteiger partial charge in [0.1, 0.15) is 5.52 Å². The van der Waals surface area contributed by atoms with E-state index >= 15 is 0 Å². The van der Waals surface area contributed by atoms with Crippen LogP contribution in [0.5, 0.6) is 5.88 Å². The average Bonchev–Trinajstić information content (AvgIpc) is 3.28. The van der Waals surface area contributed by atoms with Crippen LogP contribution < -0.4 is 9.88 Å². The molecule has 0 saturated carbocycles. The van der Waals surface area contributed by atoms with Gasteiger partial charge in [0.2, 0.25) is 15.9 Å². The highest BCUT2D eigenvalue weighted by Crippen LogP contribution is 2.35. The zero-order valence-corrected chi connectivity index (χ0v) is 15.0. The molecule has 2 aromatic heterocycles. The topological polar surface area (TPSA) is 100 Å². The molecule has 0 spiro atoms. The Morgan fingerprint density at radius 3 is 2.58 bits per heavy atom. The quantitative estimate of drug-likeness (QED) is 0.761. The van der Waals surface area contributed by atoms with Gasteiger partial charge >= 0.3 is 0 Å². The van der Waals surface area contributed by atoms with Gasteiger partial charge in [-0.1, -0.05) is 6.08 Å². The molecule has 4 rings (SSSR count). The summed E-state index contributed by atoms with van der Waals surface area (Å²) >= 11 is 0. The molecular formula is C18H18N4O3S. The molecule has 0 atom stereocenters. The number of methoxy groups -OCH3 is 1. The first-order chi connectivity index (χ1) is 12.5. The number of allylic oxidation sites excluding steroid dienone is 2. The maximum Gasteiger partial charge on any atom is 0.240 e. The molecule has 0 fully saturated rings. The number of primary sulfonamides is 1. The van der Waals surface area contributed by atoms with E-state index in [1.807, 2.05) is 6.07 Å². The Balaban J connectivity index is 1.94. The molecule has 0 unspecified atom stereocenters. The van der Waals surface area contributed by atoms with Gasteiger partial charge in [0.05, 0.1) is 23.4 Å². The first-order valence-electron chi connectivity index (χ1n) is 8.23. The Kier molecular flexibility index (Phi) is 4.01. The molecule has 0 saturated heterocycles. The van der Waals surface area contributed by atoms with Gasteiger partial charge in [-0.25, -0.2) is 23.2 Å². The second-order valence-corrected chi connectivity index (χ2v) is 7.70. The summed E-state index contributed by atoms with van der Waals surface area (Å²) in [6, 6.07) is 8.20. The van der Waals surface area contributed by atoms with E-state index in [0.29, 0.717) is 11.6 Å². The number of benzene rings is 1. The molecular weight excluding hydrogens is 352 g/mol. The van der Waals surface area contributed by atoms with Crippen molar-refractivity contribution in [2.45, 2.75) is 24.2 Å². The van der Waals surface area contributed by atoms with E-state index in [1.165, 1.54) is 17.7 Å². The van der Waals surface area contributed by atoms with E-state index in [-0.39, 0.29) is 4.90 Å². The minimum atomic E-state index is -3.74. The molecule has 0 amide bonds. The van der Waals surface area contributed by atoms with Crippen LogP contribution in [0.4, 0.5) is 0 Å². The Morgan fingerprint density at radius 1 is 1.19 bits per heavy atom. The van der Waals surface area contributed by atoms with Gasteiger partial charge in [-0.2, -0.15) is 5.10 Å². The van der Waals surface area contributed by atoms with Crippen LogP contribution in [-0.2, 0) is 10.0 Å². The second kappa shape index (κ2) is 6.22. The van der Waals surface area contributed by atoms with Crippen molar-refractivity contribution in [2.75, 3.05) is 7.11 Å². The number of fused-ring (bicyclic) bond motifs is 1. The Hall–Kier alpha value is -2.71. The SMILES string of the molecule is COc1nccc2c(C3=CCCC3)nn(-c3ccc(S(N)(=O)=O)cc3)c12. The monoisotopic (exact) mass is 370 g/mol. The van der Waals surface area contributed by atoms with Crippen LogP contribution in [0, 0.1) is 0 Å². The van der Waals surface area contributed by atoms with E-state index in [4.69, 9.17) is 15.0 Å². The smallest absolute Gasteiger partial charge is 0.240 e. The summed E-state index contributed by atoms with van der Waals surface area (Å²) < 4.78 is 30.2. The third-order valence-corrected chi connectivity index (χ3v) is 5.44. The van der Waals surface area contributed by atoms with Crippen LogP contribution in [0.25, 0.3) is 22.2 Å². The van der Waals surface area contributed by atoms with E-state index in [9.17, 15) is 8.42 Å². The minimum absolute atomic E-state index is 0.0570. The van der Waals surface area contributed by atoms with E-state index < -0.39 is 10.0 Å². The molecule has 8 heteroatoms. The van der Waals surface area contributed by atoms with Crippen molar-refractivity contribution < 1.29 is 13.2 Å². The summed E-state index contributed by atoms with van der Waals surface area (Å²) in [5.41, 5.74) is 3.58. The molecule has 0 bridgehead atoms. The summed E-state index contributed by atoms with van der Waals surface area (Å²) in [4.78, 5) is 4.35. The summed E-state index contributed by atoms with van der Waals surface area (Å²) in [6.45, 7) is 0. The largest absolute Gasteiger partial charge is 0.479 e. The summed E-state index contributed by atoms with van der Waals surface area (Å²) in [7, 11) is -2.17. The van der Waals surface area contributed by atoms with Crippen molar-refractivity contribution in [2.24, 2.45) is 5.14 Å². The summed E-state index contributed by atoms with van der Waals surface area (Å²) in [5.74, 6) is 0.468. The van der Waals surface area contributed by atoms with Crippen molar-refractivity contribution in [3.8, 4) is 11.6 Å². The van der Waals surface area contributed by atoms with Gasteiger partial charge in [0.15, 0.2) is 0 Å². The zero-order valence-electron chi connectivity index (χ0n) is 14.2. The van der Waals surface area contributed by atoms with Crippen molar-refractivity contribution in [3.05, 3.63) is 48.3 Å². The highest BCUT2D eigenvalue weighted by atomic mass is 32.2. The fraction of sp³-hybridized carbons (Fsp3) is 0.222. The third kappa shape index (κ3) is 2.77. The number of pyridine rings is 1. The van der Waals surface area contributed by atoms with Crippen molar-refractivity contribution in [1.29, 1.82) is 0 Å². The normalized spacial score (nSPS) is 14.6. The van der Waals surface area contributed by atoms with Crippen molar-refractivity contribution in [3.63, 3.8) is 0 Å². The highest BCUT2D eigenvalue weighted by molar-refractivity contribution is 7.89. The molecule has 0 radical (unpaired) electrons. The van der Waals surface area contributed by atoms with Gasteiger partial charge in [-0.3, -0.25) is 0 Å². The molecule has 134 valence electrons. The predicted molar refractivity (Wildman–Crippen MR) is 98.6 cm³/mol. The molecule has 26 heavy (non-hydrogen) atoms. The van der Waals surface area contributed by atoms with Gasteiger partial charge in [0, 0.05) is 11.6 Å². The molecule has 2 heterocycles. The molecule has 0 aliphatic heterocycles. The fourth-order valence-corrected chi connectivity index (χ4v) is 3.79. The molecule has 2 N–H and O–H groups in total. The fourth-order valence-electron chi connectivity index (χ4n) is 3.27. The Bertz CT molecular complexity index is 1120. The lowest BCUT2D eigenvalue weighted by Crippen LogP contribution is -2.12. The van der Waals surface area contributed by atoms with E-state index in [0.717, 1.165) is 35.9 Å². The average molecular weight is 370 g/mol. The maximum atomic E-state index is 11.5. The number of rotatable bonds is 4. The molecule has 1 aliphatic rings. The first-order valence-corrected chi connectivity index (χ1v) is 9.78. The molecule has 3 aromatic rings. The standard InChI is InChI=1S/C18H18N4O3S/c1-25-18-17-15(10-11-20-18)16(12-4-2-3-5-12)21-22(17)13-6-8-14(9-7-13)26(19,23)24/h4,6-11H,2-3,5H2,1H3,(H2,19,23,24). The molecule has 1 aliphatic carbocycles. The minimum Gasteiger partial charge on any atom is -0.479 e. The Morgan fingerprint density at radius 2 is 1.96 bits per heavy atom. The van der Waals surface area contributed by atoms with Crippen LogP contribution in [0.15, 0.2) is 47.5 Å². The van der Waals surface area contributed by atoms with Gasteiger partial charge in [-0.05, 0) is 55.2 Å². The van der Waals surface area contributed by atoms with Gasteiger partial charge in [0.25, 0.3) is 0 Å². The number of ether oxygens (including phenoxy) is 1. The summed E-state index contributed by atoms with van der Waals surface area (Å²) in [5, 5.41) is 10.9. The highest BCUT2D eigenvalue weighted by Gasteiger charge is 2.21. The Labute approximate surface area is 151 Å². The number of hydrogen-bond donors (Lipinski definition) is 1. The van der Waals surface area contributed by atoms with Crippen LogP contribution in [-0.4, -0.2) is 30.3 Å². The van der Waals surface area contributed by atoms with Crippen LogP contribution in [0.3, 0.4) is 0 Å². The summed E-state index contributed by atoms with van der Waals surface area (Å²) in [6.07, 6.45) is 7.07. The number of nitrogens with two attached hydrogens (primary N) is 1. The van der Waals surface area contributed by atoms with E-state index in [2.05, 4.69) is 11.1 Å².